The molecule has 0 saturated heterocycles. The molecule has 4 fully saturated rings. The monoisotopic (exact) mass is 723 g/mol. The standard InChI is InChI=1S/C43H62ClNO6/c1-25(2)36-31(46)21-43(34(47)24-45-23-27-11-9-10-12-30(27)44)20-19-41(7)29(37(36)43)13-14-33-40(6)17-16-32(26(3)28(40)15-18-42(33,41)8)51-35(48)22-39(4,5)38(49)50/h9-12,25-26,28-29,32-34,45,47H,13-24H2,1-8H3,(H,49,50)/t26-,28+,29-,32+,33-,34+,40+,41-,42-,43+/m1/s1. The number of allylic oxidation sites excluding steroid dienone is 1. The van der Waals surface area contributed by atoms with Gasteiger partial charge in [-0.2, -0.15) is 0 Å². The van der Waals surface area contributed by atoms with Crippen LogP contribution in [0.15, 0.2) is 35.4 Å². The third-order valence-electron chi connectivity index (χ3n) is 15.7. The van der Waals surface area contributed by atoms with Crippen molar-refractivity contribution in [2.75, 3.05) is 6.54 Å². The summed E-state index contributed by atoms with van der Waals surface area (Å²) in [5, 5.41) is 25.9. The molecule has 51 heavy (non-hydrogen) atoms. The van der Waals surface area contributed by atoms with Crippen molar-refractivity contribution < 1.29 is 29.3 Å². The highest BCUT2D eigenvalue weighted by Gasteiger charge is 2.69. The van der Waals surface area contributed by atoms with Gasteiger partial charge in [-0.3, -0.25) is 14.4 Å². The van der Waals surface area contributed by atoms with Gasteiger partial charge in [-0.05, 0) is 128 Å². The summed E-state index contributed by atoms with van der Waals surface area (Å²) in [6, 6.07) is 7.79. The minimum absolute atomic E-state index is 0.00678. The number of carboxylic acid groups (broad SMARTS) is 1. The van der Waals surface area contributed by atoms with Crippen LogP contribution in [0.25, 0.3) is 0 Å². The van der Waals surface area contributed by atoms with E-state index in [1.807, 2.05) is 24.3 Å². The van der Waals surface area contributed by atoms with Crippen LogP contribution >= 0.6 is 11.6 Å². The number of hydrogen-bond donors (Lipinski definition) is 3. The number of rotatable bonds is 10. The van der Waals surface area contributed by atoms with Crippen LogP contribution in [-0.2, 0) is 25.7 Å². The Labute approximate surface area is 310 Å². The number of carbonyl (C=O) groups is 3. The fourth-order valence-electron chi connectivity index (χ4n) is 12.7. The molecule has 1 aromatic carbocycles. The van der Waals surface area contributed by atoms with Crippen molar-refractivity contribution in [3.05, 3.63) is 46.0 Å². The Kier molecular flexibility index (Phi) is 10.2. The van der Waals surface area contributed by atoms with Crippen LogP contribution in [0.4, 0.5) is 0 Å². The number of ether oxygens (including phenoxy) is 1. The van der Waals surface area contributed by atoms with Crippen LogP contribution in [0, 0.1) is 56.7 Å². The maximum atomic E-state index is 14.0. The molecule has 0 unspecified atom stereocenters. The zero-order chi connectivity index (χ0) is 37.3. The average Bonchev–Trinajstić information content (AvgIpc) is 3.36. The number of carbonyl (C=O) groups excluding carboxylic acids is 2. The van der Waals surface area contributed by atoms with Gasteiger partial charge in [0, 0.05) is 29.9 Å². The first-order chi connectivity index (χ1) is 23.8. The quantitative estimate of drug-likeness (QED) is 0.207. The molecule has 0 aliphatic heterocycles. The molecule has 1 aromatic rings. The summed E-state index contributed by atoms with van der Waals surface area (Å²) in [6.07, 6.45) is 7.28. The fraction of sp³-hybridized carbons (Fsp3) is 0.744. The number of nitrogens with one attached hydrogen (secondary N) is 1. The van der Waals surface area contributed by atoms with E-state index in [9.17, 15) is 24.6 Å². The molecule has 8 heteroatoms. The largest absolute Gasteiger partial charge is 0.481 e. The number of aliphatic carboxylic acids is 1. The third kappa shape index (κ3) is 6.13. The Balaban J connectivity index is 1.24. The Morgan fingerprint density at radius 1 is 1.02 bits per heavy atom. The maximum Gasteiger partial charge on any atom is 0.309 e. The van der Waals surface area contributed by atoms with Crippen LogP contribution in [0.3, 0.4) is 0 Å². The zero-order valence-corrected chi connectivity index (χ0v) is 33.0. The lowest BCUT2D eigenvalue weighted by Gasteiger charge is -2.71. The van der Waals surface area contributed by atoms with Gasteiger partial charge in [0.15, 0.2) is 5.78 Å². The van der Waals surface area contributed by atoms with Crippen molar-refractivity contribution in [2.24, 2.45) is 56.7 Å². The summed E-state index contributed by atoms with van der Waals surface area (Å²) < 4.78 is 6.06. The van der Waals surface area contributed by atoms with E-state index >= 15 is 0 Å². The summed E-state index contributed by atoms with van der Waals surface area (Å²) in [5.74, 6) is 0.310. The van der Waals surface area contributed by atoms with E-state index in [1.54, 1.807) is 13.8 Å². The minimum atomic E-state index is -1.15. The molecule has 3 N–H and O–H groups in total. The fourth-order valence-corrected chi connectivity index (χ4v) is 12.9. The summed E-state index contributed by atoms with van der Waals surface area (Å²) >= 11 is 6.44. The molecule has 5 aliphatic carbocycles. The second-order valence-corrected chi connectivity index (χ2v) is 19.3. The molecule has 0 aromatic heterocycles. The Morgan fingerprint density at radius 2 is 1.73 bits per heavy atom. The molecule has 0 bridgehead atoms. The number of halogens is 1. The Bertz CT molecular complexity index is 1590. The summed E-state index contributed by atoms with van der Waals surface area (Å²) in [7, 11) is 0. The van der Waals surface area contributed by atoms with Crippen molar-refractivity contribution in [1.29, 1.82) is 0 Å². The van der Waals surface area contributed by atoms with E-state index in [0.717, 1.165) is 62.5 Å². The molecular formula is C43H62ClNO6. The van der Waals surface area contributed by atoms with Crippen molar-refractivity contribution >= 4 is 29.3 Å². The van der Waals surface area contributed by atoms with Gasteiger partial charge < -0.3 is 20.3 Å². The number of benzene rings is 1. The number of aliphatic hydroxyl groups excluding tert-OH is 1. The first-order valence-electron chi connectivity index (χ1n) is 19.7. The van der Waals surface area contributed by atoms with Gasteiger partial charge in [0.1, 0.15) is 6.10 Å². The molecular weight excluding hydrogens is 662 g/mol. The van der Waals surface area contributed by atoms with Gasteiger partial charge in [-0.1, -0.05) is 76.9 Å². The second kappa shape index (κ2) is 13.6. The van der Waals surface area contributed by atoms with Gasteiger partial charge in [0.25, 0.3) is 0 Å². The molecule has 10 atom stereocenters. The van der Waals surface area contributed by atoms with Crippen molar-refractivity contribution in [2.45, 2.75) is 138 Å². The van der Waals surface area contributed by atoms with Crippen LogP contribution in [-0.4, -0.2) is 46.7 Å². The van der Waals surface area contributed by atoms with Crippen molar-refractivity contribution in [3.8, 4) is 0 Å². The van der Waals surface area contributed by atoms with Crippen molar-refractivity contribution in [3.63, 3.8) is 0 Å². The van der Waals surface area contributed by atoms with E-state index in [4.69, 9.17) is 16.3 Å². The Hall–Kier alpha value is -2.22. The number of fused-ring (bicyclic) bond motifs is 7. The average molecular weight is 724 g/mol. The smallest absolute Gasteiger partial charge is 0.309 e. The highest BCUT2D eigenvalue weighted by Crippen LogP contribution is 2.76. The van der Waals surface area contributed by atoms with Gasteiger partial charge in [0.2, 0.25) is 0 Å². The molecule has 0 spiro atoms. The zero-order valence-electron chi connectivity index (χ0n) is 32.2. The number of esters is 1. The SMILES string of the molecule is CC(C)C1=C2[C@H]3CC[C@@H]4[C@@]5(C)CC[C@H](OC(=O)CC(C)(C)C(=O)O)[C@H](C)[C@@H]5CC[C@@]4(C)[C@]3(C)CC[C@@]2([C@@H](O)CNCc2ccccc2Cl)CC1=O. The highest BCUT2D eigenvalue weighted by molar-refractivity contribution is 6.31. The predicted octanol–water partition coefficient (Wildman–Crippen LogP) is 8.79. The number of ketones is 1. The molecule has 0 heterocycles. The predicted molar refractivity (Wildman–Crippen MR) is 200 cm³/mol. The van der Waals surface area contributed by atoms with E-state index in [2.05, 4.69) is 46.9 Å². The number of Topliss-reactive ketones (excluding diaryl/α,β-unsaturated/α-hetero) is 1. The van der Waals surface area contributed by atoms with Crippen LogP contribution in [0.2, 0.25) is 5.02 Å². The summed E-state index contributed by atoms with van der Waals surface area (Å²) in [5.41, 5.74) is 1.73. The number of aliphatic hydroxyl groups is 1. The van der Waals surface area contributed by atoms with Crippen LogP contribution in [0.5, 0.6) is 0 Å². The van der Waals surface area contributed by atoms with Crippen LogP contribution in [0.1, 0.15) is 125 Å². The second-order valence-electron chi connectivity index (χ2n) is 18.9. The van der Waals surface area contributed by atoms with Gasteiger partial charge in [-0.15, -0.1) is 0 Å². The molecule has 0 amide bonds. The molecule has 6 rings (SSSR count). The van der Waals surface area contributed by atoms with E-state index in [1.165, 1.54) is 5.57 Å². The van der Waals surface area contributed by atoms with E-state index < -0.39 is 28.9 Å². The first kappa shape index (κ1) is 38.5. The van der Waals surface area contributed by atoms with Gasteiger partial charge >= 0.3 is 11.9 Å². The molecule has 4 saturated carbocycles. The lowest BCUT2D eigenvalue weighted by atomic mass is 9.34. The normalized spacial score (nSPS) is 38.4. The van der Waals surface area contributed by atoms with Gasteiger partial charge in [0.05, 0.1) is 17.9 Å². The molecule has 282 valence electrons. The number of carboxylic acids is 1. The summed E-state index contributed by atoms with van der Waals surface area (Å²) in [4.78, 5) is 38.6. The molecule has 5 aliphatic rings. The maximum absolute atomic E-state index is 14.0. The van der Waals surface area contributed by atoms with Gasteiger partial charge in [-0.25, -0.2) is 0 Å². The lowest BCUT2D eigenvalue weighted by Crippen LogP contribution is -2.65. The minimum Gasteiger partial charge on any atom is -0.481 e. The van der Waals surface area contributed by atoms with E-state index in [0.29, 0.717) is 36.4 Å². The molecule has 0 radical (unpaired) electrons. The van der Waals surface area contributed by atoms with Crippen molar-refractivity contribution in [1.82, 2.24) is 5.32 Å². The topological polar surface area (TPSA) is 113 Å². The Morgan fingerprint density at radius 3 is 2.39 bits per heavy atom. The number of hydrogen-bond acceptors (Lipinski definition) is 6. The summed E-state index contributed by atoms with van der Waals surface area (Å²) in [6.45, 7) is 18.3. The lowest BCUT2D eigenvalue weighted by molar-refractivity contribution is -0.218. The van der Waals surface area contributed by atoms with E-state index in [-0.39, 0.29) is 52.3 Å². The third-order valence-corrected chi connectivity index (χ3v) is 16.1. The molecule has 7 nitrogen and oxygen atoms in total. The first-order valence-corrected chi connectivity index (χ1v) is 20.0. The highest BCUT2D eigenvalue weighted by atomic mass is 35.5. The van der Waals surface area contributed by atoms with Crippen LogP contribution < -0.4 is 5.32 Å².